The Morgan fingerprint density at radius 2 is 1.96 bits per heavy atom. The minimum Gasteiger partial charge on any atom is -0.356 e. The first kappa shape index (κ1) is 16.8. The molecule has 1 saturated heterocycles. The van der Waals surface area contributed by atoms with Crippen molar-refractivity contribution in [3.63, 3.8) is 0 Å². The molecule has 2 aromatic rings. The van der Waals surface area contributed by atoms with Crippen LogP contribution in [0.1, 0.15) is 43.2 Å². The molecule has 1 aliphatic heterocycles. The van der Waals surface area contributed by atoms with Crippen LogP contribution in [0, 0.1) is 6.92 Å². The molecule has 0 aliphatic carbocycles. The zero-order valence-corrected chi connectivity index (χ0v) is 15.1. The van der Waals surface area contributed by atoms with Crippen LogP contribution in [0.15, 0.2) is 12.3 Å². The van der Waals surface area contributed by atoms with Crippen molar-refractivity contribution in [3.8, 4) is 0 Å². The van der Waals surface area contributed by atoms with Crippen LogP contribution in [0.25, 0.3) is 0 Å². The Labute approximate surface area is 143 Å². The van der Waals surface area contributed by atoms with Gasteiger partial charge in [-0.2, -0.15) is 0 Å². The van der Waals surface area contributed by atoms with Crippen molar-refractivity contribution >= 4 is 5.82 Å². The number of piperidine rings is 1. The Morgan fingerprint density at radius 1 is 1.21 bits per heavy atom. The van der Waals surface area contributed by atoms with Gasteiger partial charge in [0, 0.05) is 31.7 Å². The molecule has 0 atom stereocenters. The molecule has 0 unspecified atom stereocenters. The van der Waals surface area contributed by atoms with E-state index >= 15 is 0 Å². The van der Waals surface area contributed by atoms with Crippen molar-refractivity contribution in [2.24, 2.45) is 0 Å². The fourth-order valence-electron chi connectivity index (χ4n) is 3.38. The van der Waals surface area contributed by atoms with Gasteiger partial charge in [0.05, 0.1) is 6.54 Å². The summed E-state index contributed by atoms with van der Waals surface area (Å²) < 4.78 is 2.29. The maximum atomic E-state index is 4.54. The summed E-state index contributed by atoms with van der Waals surface area (Å²) in [5.74, 6) is 4.55. The maximum Gasteiger partial charge on any atom is 0.147 e. The van der Waals surface area contributed by atoms with E-state index < -0.39 is 0 Å². The molecule has 0 spiro atoms. The zero-order chi connectivity index (χ0) is 17.1. The van der Waals surface area contributed by atoms with E-state index in [9.17, 15) is 0 Å². The van der Waals surface area contributed by atoms with Crippen molar-refractivity contribution in [2.75, 3.05) is 32.1 Å². The zero-order valence-electron chi connectivity index (χ0n) is 15.1. The van der Waals surface area contributed by atoms with Crippen molar-refractivity contribution < 1.29 is 0 Å². The minimum absolute atomic E-state index is 0.479. The number of aromatic nitrogens is 5. The Hall–Kier alpha value is -2.02. The summed E-state index contributed by atoms with van der Waals surface area (Å²) in [6.07, 6.45) is 4.01. The molecule has 0 amide bonds. The standard InChI is InChI=1S/C17H27N7/c1-5-24-16(12-22(3)4)20-21-17(24)14-7-10-23(11-8-14)15-6-9-18-13(2)19-15/h6,9,14H,5,7-8,10-12H2,1-4H3. The lowest BCUT2D eigenvalue weighted by Gasteiger charge is -2.32. The smallest absolute Gasteiger partial charge is 0.147 e. The highest BCUT2D eigenvalue weighted by Gasteiger charge is 2.26. The Balaban J connectivity index is 1.69. The summed E-state index contributed by atoms with van der Waals surface area (Å²) in [5, 5.41) is 8.95. The number of aryl methyl sites for hydroxylation is 1. The van der Waals surface area contributed by atoms with E-state index in [2.05, 4.69) is 55.6 Å². The molecule has 3 rings (SSSR count). The van der Waals surface area contributed by atoms with Gasteiger partial charge < -0.3 is 14.4 Å². The summed E-state index contributed by atoms with van der Waals surface area (Å²) in [7, 11) is 4.13. The third-order valence-electron chi connectivity index (χ3n) is 4.58. The van der Waals surface area contributed by atoms with Crippen LogP contribution < -0.4 is 4.90 Å². The third kappa shape index (κ3) is 3.56. The quantitative estimate of drug-likeness (QED) is 0.834. The molecular weight excluding hydrogens is 302 g/mol. The first-order valence-electron chi connectivity index (χ1n) is 8.69. The number of hydrogen-bond acceptors (Lipinski definition) is 6. The van der Waals surface area contributed by atoms with Crippen molar-refractivity contribution in [1.29, 1.82) is 0 Å². The SMILES string of the molecule is CCn1c(CN(C)C)nnc1C1CCN(c2ccnc(C)n2)CC1. The van der Waals surface area contributed by atoms with Crippen LogP contribution >= 0.6 is 0 Å². The third-order valence-corrected chi connectivity index (χ3v) is 4.58. The lowest BCUT2D eigenvalue weighted by atomic mass is 9.96. The summed E-state index contributed by atoms with van der Waals surface area (Å²) in [5.41, 5.74) is 0. The van der Waals surface area contributed by atoms with Crippen LogP contribution in [0.5, 0.6) is 0 Å². The summed E-state index contributed by atoms with van der Waals surface area (Å²) in [6, 6.07) is 2.00. The Morgan fingerprint density at radius 3 is 2.58 bits per heavy atom. The van der Waals surface area contributed by atoms with Crippen LogP contribution in [0.3, 0.4) is 0 Å². The van der Waals surface area contributed by atoms with Crippen molar-refractivity contribution in [3.05, 3.63) is 29.7 Å². The maximum absolute atomic E-state index is 4.54. The normalized spacial score (nSPS) is 16.1. The second-order valence-corrected chi connectivity index (χ2v) is 6.68. The first-order valence-corrected chi connectivity index (χ1v) is 8.69. The van der Waals surface area contributed by atoms with Gasteiger partial charge in [-0.1, -0.05) is 0 Å². The average molecular weight is 329 g/mol. The highest BCUT2D eigenvalue weighted by Crippen LogP contribution is 2.29. The average Bonchev–Trinajstić information content (AvgIpc) is 2.97. The van der Waals surface area contributed by atoms with Crippen LogP contribution in [-0.2, 0) is 13.1 Å². The van der Waals surface area contributed by atoms with Gasteiger partial charge in [-0.25, -0.2) is 9.97 Å². The predicted octanol–water partition coefficient (Wildman–Crippen LogP) is 1.84. The molecule has 130 valence electrons. The first-order chi connectivity index (χ1) is 11.6. The minimum atomic E-state index is 0.479. The lowest BCUT2D eigenvalue weighted by molar-refractivity contribution is 0.377. The second-order valence-electron chi connectivity index (χ2n) is 6.68. The van der Waals surface area contributed by atoms with Gasteiger partial charge in [0.25, 0.3) is 0 Å². The largest absolute Gasteiger partial charge is 0.356 e. The van der Waals surface area contributed by atoms with Gasteiger partial charge >= 0.3 is 0 Å². The van der Waals surface area contributed by atoms with Crippen LogP contribution in [-0.4, -0.2) is 56.8 Å². The topological polar surface area (TPSA) is 63.0 Å². The molecular formula is C17H27N7. The molecule has 1 aliphatic rings. The molecule has 2 aromatic heterocycles. The van der Waals surface area contributed by atoms with Gasteiger partial charge in [-0.15, -0.1) is 10.2 Å². The number of nitrogens with zero attached hydrogens (tertiary/aromatic N) is 7. The van der Waals surface area contributed by atoms with E-state index in [1.54, 1.807) is 0 Å². The fraction of sp³-hybridized carbons (Fsp3) is 0.647. The second kappa shape index (κ2) is 7.25. The number of anilines is 1. The Bertz CT molecular complexity index is 671. The van der Waals surface area contributed by atoms with E-state index in [4.69, 9.17) is 0 Å². The molecule has 3 heterocycles. The molecule has 0 aromatic carbocycles. The van der Waals surface area contributed by atoms with E-state index in [-0.39, 0.29) is 0 Å². The summed E-state index contributed by atoms with van der Waals surface area (Å²) in [4.78, 5) is 13.2. The number of hydrogen-bond donors (Lipinski definition) is 0. The molecule has 0 radical (unpaired) electrons. The monoisotopic (exact) mass is 329 g/mol. The predicted molar refractivity (Wildman–Crippen MR) is 94.0 cm³/mol. The fourth-order valence-corrected chi connectivity index (χ4v) is 3.38. The van der Waals surface area contributed by atoms with E-state index in [0.717, 1.165) is 62.3 Å². The lowest BCUT2D eigenvalue weighted by Crippen LogP contribution is -2.34. The molecule has 0 N–H and O–H groups in total. The van der Waals surface area contributed by atoms with Crippen LogP contribution in [0.4, 0.5) is 5.82 Å². The highest BCUT2D eigenvalue weighted by atomic mass is 15.3. The van der Waals surface area contributed by atoms with Gasteiger partial charge in [-0.3, -0.25) is 0 Å². The van der Waals surface area contributed by atoms with Crippen LogP contribution in [0.2, 0.25) is 0 Å². The molecule has 24 heavy (non-hydrogen) atoms. The van der Waals surface area contributed by atoms with Gasteiger partial charge in [-0.05, 0) is 46.9 Å². The number of rotatable bonds is 5. The summed E-state index contributed by atoms with van der Waals surface area (Å²) in [6.45, 7) is 7.87. The summed E-state index contributed by atoms with van der Waals surface area (Å²) >= 11 is 0. The van der Waals surface area contributed by atoms with E-state index in [1.165, 1.54) is 0 Å². The Kier molecular flexibility index (Phi) is 5.08. The molecule has 7 heteroatoms. The molecule has 0 saturated carbocycles. The van der Waals surface area contributed by atoms with Crippen molar-refractivity contribution in [1.82, 2.24) is 29.6 Å². The van der Waals surface area contributed by atoms with E-state index in [1.807, 2.05) is 19.2 Å². The molecule has 7 nitrogen and oxygen atoms in total. The van der Waals surface area contributed by atoms with E-state index in [0.29, 0.717) is 5.92 Å². The molecule has 1 fully saturated rings. The van der Waals surface area contributed by atoms with Gasteiger partial charge in [0.15, 0.2) is 0 Å². The highest BCUT2D eigenvalue weighted by molar-refractivity contribution is 5.38. The van der Waals surface area contributed by atoms with Crippen molar-refractivity contribution in [2.45, 2.75) is 45.7 Å². The van der Waals surface area contributed by atoms with Gasteiger partial charge in [0.2, 0.25) is 0 Å². The van der Waals surface area contributed by atoms with Gasteiger partial charge in [0.1, 0.15) is 23.3 Å². The molecule has 0 bridgehead atoms.